The third-order valence-corrected chi connectivity index (χ3v) is 3.00. The number of carbonyl (C=O) groups excluding carboxylic acids is 3. The Kier molecular flexibility index (Phi) is 8.52. The maximum atomic E-state index is 11.8. The summed E-state index contributed by atoms with van der Waals surface area (Å²) in [5.41, 5.74) is -0.584. The van der Waals surface area contributed by atoms with E-state index in [0.717, 1.165) is 6.42 Å². The highest BCUT2D eigenvalue weighted by molar-refractivity contribution is 5.84. The van der Waals surface area contributed by atoms with Crippen molar-refractivity contribution < 1.29 is 23.9 Å². The van der Waals surface area contributed by atoms with Crippen LogP contribution in [0.5, 0.6) is 0 Å². The average molecular weight is 316 g/mol. The van der Waals surface area contributed by atoms with Crippen LogP contribution < -0.4 is 10.6 Å². The van der Waals surface area contributed by atoms with E-state index >= 15 is 0 Å². The molecule has 0 bridgehead atoms. The molecule has 2 atom stereocenters. The standard InChI is InChI=1S/C15H28N2O5/c1-7-10(2)12(13(19)21-6)17-11(18)8-9-16-14(20)22-15(3,4)5/h10,12H,7-9H2,1-6H3,(H,16,20)(H,17,18)/t10-,12-/m0/s1. The van der Waals surface area contributed by atoms with Crippen molar-refractivity contribution in [2.24, 2.45) is 5.92 Å². The number of carbonyl (C=O) groups is 3. The Bertz CT molecular complexity index is 390. The lowest BCUT2D eigenvalue weighted by Crippen LogP contribution is -2.46. The van der Waals surface area contributed by atoms with Gasteiger partial charge >= 0.3 is 12.1 Å². The number of ether oxygens (including phenoxy) is 2. The van der Waals surface area contributed by atoms with Crippen molar-refractivity contribution in [3.8, 4) is 0 Å². The number of nitrogens with one attached hydrogen (secondary N) is 2. The molecule has 0 rings (SSSR count). The van der Waals surface area contributed by atoms with Crippen molar-refractivity contribution in [1.29, 1.82) is 0 Å². The Morgan fingerprint density at radius 2 is 1.77 bits per heavy atom. The van der Waals surface area contributed by atoms with E-state index < -0.39 is 23.7 Å². The molecule has 0 saturated carbocycles. The molecule has 7 nitrogen and oxygen atoms in total. The summed E-state index contributed by atoms with van der Waals surface area (Å²) in [7, 11) is 1.29. The van der Waals surface area contributed by atoms with Crippen LogP contribution in [-0.2, 0) is 19.1 Å². The van der Waals surface area contributed by atoms with Gasteiger partial charge in [0, 0.05) is 13.0 Å². The fourth-order valence-electron chi connectivity index (χ4n) is 1.63. The van der Waals surface area contributed by atoms with E-state index in [1.165, 1.54) is 7.11 Å². The van der Waals surface area contributed by atoms with Crippen molar-refractivity contribution in [3.05, 3.63) is 0 Å². The summed E-state index contributed by atoms with van der Waals surface area (Å²) in [4.78, 5) is 34.9. The first-order chi connectivity index (χ1) is 10.1. The molecule has 2 amide bonds. The smallest absolute Gasteiger partial charge is 0.407 e. The summed E-state index contributed by atoms with van der Waals surface area (Å²) in [5, 5.41) is 5.13. The van der Waals surface area contributed by atoms with Crippen LogP contribution in [0.1, 0.15) is 47.5 Å². The summed E-state index contributed by atoms with van der Waals surface area (Å²) in [6.45, 7) is 9.19. The van der Waals surface area contributed by atoms with E-state index in [0.29, 0.717) is 0 Å². The highest BCUT2D eigenvalue weighted by Gasteiger charge is 2.26. The molecule has 7 heteroatoms. The van der Waals surface area contributed by atoms with Crippen molar-refractivity contribution in [2.75, 3.05) is 13.7 Å². The molecule has 0 aromatic heterocycles. The van der Waals surface area contributed by atoms with Gasteiger partial charge in [0.2, 0.25) is 5.91 Å². The van der Waals surface area contributed by atoms with Crippen LogP contribution in [-0.4, -0.2) is 43.3 Å². The van der Waals surface area contributed by atoms with E-state index in [-0.39, 0.29) is 24.8 Å². The zero-order valence-corrected chi connectivity index (χ0v) is 14.3. The van der Waals surface area contributed by atoms with Crippen LogP contribution in [0.25, 0.3) is 0 Å². The Labute approximate surface area is 132 Å². The van der Waals surface area contributed by atoms with Gasteiger partial charge in [0.25, 0.3) is 0 Å². The molecule has 0 spiro atoms. The second-order valence-corrected chi connectivity index (χ2v) is 6.13. The minimum atomic E-state index is -0.677. The molecule has 2 N–H and O–H groups in total. The molecule has 0 radical (unpaired) electrons. The third kappa shape index (κ3) is 8.49. The zero-order valence-electron chi connectivity index (χ0n) is 14.3. The molecular formula is C15H28N2O5. The average Bonchev–Trinajstić information content (AvgIpc) is 2.41. The van der Waals surface area contributed by atoms with Crippen molar-refractivity contribution >= 4 is 18.0 Å². The summed E-state index contributed by atoms with van der Waals surface area (Å²) < 4.78 is 9.75. The molecule has 22 heavy (non-hydrogen) atoms. The van der Waals surface area contributed by atoms with Gasteiger partial charge in [0.1, 0.15) is 11.6 Å². The lowest BCUT2D eigenvalue weighted by Gasteiger charge is -2.22. The molecule has 0 aromatic carbocycles. The lowest BCUT2D eigenvalue weighted by atomic mass is 9.99. The summed E-state index contributed by atoms with van der Waals surface area (Å²) in [6.07, 6.45) is 0.214. The molecule has 0 aromatic rings. The van der Waals surface area contributed by atoms with E-state index in [1.54, 1.807) is 20.8 Å². The highest BCUT2D eigenvalue weighted by Crippen LogP contribution is 2.09. The van der Waals surface area contributed by atoms with Crippen molar-refractivity contribution in [3.63, 3.8) is 0 Å². The van der Waals surface area contributed by atoms with Crippen LogP contribution in [0.3, 0.4) is 0 Å². The first kappa shape index (κ1) is 20.2. The first-order valence-electron chi connectivity index (χ1n) is 7.44. The van der Waals surface area contributed by atoms with Crippen LogP contribution >= 0.6 is 0 Å². The second kappa shape index (κ2) is 9.27. The number of esters is 1. The Morgan fingerprint density at radius 3 is 2.23 bits per heavy atom. The molecule has 0 unspecified atom stereocenters. The predicted molar refractivity (Wildman–Crippen MR) is 82.3 cm³/mol. The SMILES string of the molecule is CC[C@H](C)[C@H](NC(=O)CCNC(=O)OC(C)(C)C)C(=O)OC. The molecule has 0 saturated heterocycles. The van der Waals surface area contributed by atoms with Crippen LogP contribution in [0.4, 0.5) is 4.79 Å². The Balaban J connectivity index is 4.26. The van der Waals surface area contributed by atoms with Gasteiger partial charge < -0.3 is 20.1 Å². The number of rotatable bonds is 7. The molecule has 0 aliphatic carbocycles. The molecule has 128 valence electrons. The minimum Gasteiger partial charge on any atom is -0.467 e. The zero-order chi connectivity index (χ0) is 17.3. The number of methoxy groups -OCH3 is 1. The molecule has 0 fully saturated rings. The topological polar surface area (TPSA) is 93.7 Å². The van der Waals surface area contributed by atoms with Crippen LogP contribution in [0.2, 0.25) is 0 Å². The quantitative estimate of drug-likeness (QED) is 0.696. The predicted octanol–water partition coefficient (Wildman–Crippen LogP) is 1.61. The van der Waals surface area contributed by atoms with Gasteiger partial charge in [-0.25, -0.2) is 9.59 Å². The van der Waals surface area contributed by atoms with Gasteiger partial charge in [-0.05, 0) is 26.7 Å². The fraction of sp³-hybridized carbons (Fsp3) is 0.800. The normalized spacial score (nSPS) is 13.7. The van der Waals surface area contributed by atoms with E-state index in [1.807, 2.05) is 13.8 Å². The van der Waals surface area contributed by atoms with Crippen molar-refractivity contribution in [1.82, 2.24) is 10.6 Å². The van der Waals surface area contributed by atoms with Gasteiger partial charge in [-0.1, -0.05) is 20.3 Å². The number of hydrogen-bond acceptors (Lipinski definition) is 5. The molecule has 0 aliphatic rings. The van der Waals surface area contributed by atoms with Crippen LogP contribution in [0, 0.1) is 5.92 Å². The van der Waals surface area contributed by atoms with Gasteiger partial charge in [-0.2, -0.15) is 0 Å². The van der Waals surface area contributed by atoms with Crippen LogP contribution in [0.15, 0.2) is 0 Å². The van der Waals surface area contributed by atoms with Gasteiger partial charge in [-0.3, -0.25) is 4.79 Å². The third-order valence-electron chi connectivity index (χ3n) is 3.00. The summed E-state index contributed by atoms with van der Waals surface area (Å²) in [6, 6.07) is -0.677. The second-order valence-electron chi connectivity index (χ2n) is 6.13. The van der Waals surface area contributed by atoms with Gasteiger partial charge in [0.15, 0.2) is 0 Å². The molecule has 0 heterocycles. The van der Waals surface area contributed by atoms with Crippen molar-refractivity contribution in [2.45, 2.75) is 59.1 Å². The first-order valence-corrected chi connectivity index (χ1v) is 7.44. The number of alkyl carbamates (subject to hydrolysis) is 1. The highest BCUT2D eigenvalue weighted by atomic mass is 16.6. The minimum absolute atomic E-state index is 0.0322. The summed E-state index contributed by atoms with van der Waals surface area (Å²) in [5.74, 6) is -0.829. The maximum Gasteiger partial charge on any atom is 0.407 e. The lowest BCUT2D eigenvalue weighted by molar-refractivity contribution is -0.146. The van der Waals surface area contributed by atoms with E-state index in [4.69, 9.17) is 9.47 Å². The fourth-order valence-corrected chi connectivity index (χ4v) is 1.63. The van der Waals surface area contributed by atoms with Gasteiger partial charge in [-0.15, -0.1) is 0 Å². The number of hydrogen-bond donors (Lipinski definition) is 2. The molecule has 0 aliphatic heterocycles. The summed E-state index contributed by atoms with van der Waals surface area (Å²) >= 11 is 0. The number of amides is 2. The Morgan fingerprint density at radius 1 is 1.18 bits per heavy atom. The molecular weight excluding hydrogens is 288 g/mol. The van der Waals surface area contributed by atoms with E-state index in [2.05, 4.69) is 10.6 Å². The Hall–Kier alpha value is -1.79. The largest absolute Gasteiger partial charge is 0.467 e. The van der Waals surface area contributed by atoms with E-state index in [9.17, 15) is 14.4 Å². The monoisotopic (exact) mass is 316 g/mol. The maximum absolute atomic E-state index is 11.8. The van der Waals surface area contributed by atoms with Gasteiger partial charge in [0.05, 0.1) is 7.11 Å².